The normalized spacial score (nSPS) is 16.2. The van der Waals surface area contributed by atoms with Crippen molar-refractivity contribution in [2.45, 2.75) is 38.5 Å². The maximum Gasteiger partial charge on any atom is 0.220 e. The summed E-state index contributed by atoms with van der Waals surface area (Å²) < 4.78 is 5.62. The first-order chi connectivity index (χ1) is 19.5. The SMILES string of the molecule is COc1nc(-c2cccc(-c3ccnc(-c4ccc5c(c4)CNC5)c3Cl)c2Cl)ccc1CNC[C@H]1CCC(=O)N1. The lowest BCUT2D eigenvalue weighted by molar-refractivity contribution is -0.119. The van der Waals surface area contributed by atoms with Crippen LogP contribution in [0.25, 0.3) is 33.6 Å². The van der Waals surface area contributed by atoms with Crippen molar-refractivity contribution in [3.05, 3.63) is 87.5 Å². The van der Waals surface area contributed by atoms with Crippen LogP contribution in [0.5, 0.6) is 5.88 Å². The quantitative estimate of drug-likeness (QED) is 0.248. The van der Waals surface area contributed by atoms with Crippen molar-refractivity contribution in [3.8, 4) is 39.5 Å². The number of fused-ring (bicyclic) bond motifs is 1. The number of nitrogens with zero attached hydrogens (tertiary/aromatic N) is 2. The van der Waals surface area contributed by atoms with Crippen LogP contribution in [0.2, 0.25) is 10.0 Å². The van der Waals surface area contributed by atoms with Gasteiger partial charge < -0.3 is 20.7 Å². The Morgan fingerprint density at radius 3 is 2.65 bits per heavy atom. The van der Waals surface area contributed by atoms with Crippen molar-refractivity contribution in [3.63, 3.8) is 0 Å². The number of ether oxygens (including phenoxy) is 1. The van der Waals surface area contributed by atoms with Gasteiger partial charge in [0.2, 0.25) is 11.8 Å². The lowest BCUT2D eigenvalue weighted by atomic mass is 9.98. The number of rotatable bonds is 8. The number of pyridine rings is 2. The van der Waals surface area contributed by atoms with E-state index in [4.69, 9.17) is 32.9 Å². The Morgan fingerprint density at radius 1 is 1.00 bits per heavy atom. The largest absolute Gasteiger partial charge is 0.481 e. The Hall–Kier alpha value is -3.49. The highest BCUT2D eigenvalue weighted by Crippen LogP contribution is 2.42. The molecule has 0 bridgehead atoms. The molecule has 4 heterocycles. The zero-order valence-corrected chi connectivity index (χ0v) is 23.6. The Bertz CT molecular complexity index is 1590. The first-order valence-corrected chi connectivity index (χ1v) is 14.1. The van der Waals surface area contributed by atoms with Crippen molar-refractivity contribution >= 4 is 29.1 Å². The van der Waals surface area contributed by atoms with Crippen LogP contribution in [0.15, 0.2) is 60.8 Å². The molecule has 2 aromatic carbocycles. The Morgan fingerprint density at radius 2 is 1.82 bits per heavy atom. The second-order valence-corrected chi connectivity index (χ2v) is 10.8. The van der Waals surface area contributed by atoms with E-state index in [2.05, 4.69) is 39.1 Å². The van der Waals surface area contributed by atoms with Gasteiger partial charge in [-0.2, -0.15) is 0 Å². The van der Waals surface area contributed by atoms with Crippen LogP contribution in [0.4, 0.5) is 0 Å². The Kier molecular flexibility index (Phi) is 7.71. The van der Waals surface area contributed by atoms with Crippen LogP contribution in [0, 0.1) is 0 Å². The lowest BCUT2D eigenvalue weighted by Gasteiger charge is -2.15. The monoisotopic (exact) mass is 573 g/mol. The van der Waals surface area contributed by atoms with Gasteiger partial charge in [-0.1, -0.05) is 59.6 Å². The van der Waals surface area contributed by atoms with Gasteiger partial charge in [0.1, 0.15) is 0 Å². The summed E-state index contributed by atoms with van der Waals surface area (Å²) in [6, 6.07) is 18.2. The third-order valence-electron chi connectivity index (χ3n) is 7.49. The van der Waals surface area contributed by atoms with E-state index in [-0.39, 0.29) is 11.9 Å². The van der Waals surface area contributed by atoms with Crippen molar-refractivity contribution in [2.24, 2.45) is 0 Å². The van der Waals surface area contributed by atoms with Crippen LogP contribution in [-0.4, -0.2) is 35.6 Å². The van der Waals surface area contributed by atoms with Crippen molar-refractivity contribution in [2.75, 3.05) is 13.7 Å². The smallest absolute Gasteiger partial charge is 0.220 e. The molecule has 7 nitrogen and oxygen atoms in total. The first-order valence-electron chi connectivity index (χ1n) is 13.3. The summed E-state index contributed by atoms with van der Waals surface area (Å²) in [7, 11) is 1.61. The number of hydrogen-bond donors (Lipinski definition) is 3. The number of amides is 1. The average Bonchev–Trinajstić information content (AvgIpc) is 3.62. The van der Waals surface area contributed by atoms with E-state index in [1.165, 1.54) is 11.1 Å². The molecule has 0 saturated carbocycles. The predicted molar refractivity (Wildman–Crippen MR) is 158 cm³/mol. The molecule has 1 amide bonds. The fourth-order valence-electron chi connectivity index (χ4n) is 5.37. The summed E-state index contributed by atoms with van der Waals surface area (Å²) in [4.78, 5) is 20.8. The van der Waals surface area contributed by atoms with Crippen LogP contribution >= 0.6 is 23.2 Å². The van der Waals surface area contributed by atoms with Gasteiger partial charge in [-0.05, 0) is 35.7 Å². The van der Waals surface area contributed by atoms with Gasteiger partial charge in [-0.3, -0.25) is 9.78 Å². The minimum absolute atomic E-state index is 0.111. The van der Waals surface area contributed by atoms with Gasteiger partial charge in [-0.15, -0.1) is 0 Å². The van der Waals surface area contributed by atoms with E-state index in [9.17, 15) is 4.79 Å². The highest BCUT2D eigenvalue weighted by atomic mass is 35.5. The van der Waals surface area contributed by atoms with Crippen LogP contribution in [-0.2, 0) is 24.4 Å². The second kappa shape index (κ2) is 11.6. The molecule has 204 valence electrons. The maximum absolute atomic E-state index is 11.4. The van der Waals surface area contributed by atoms with E-state index in [1.807, 2.05) is 36.4 Å². The lowest BCUT2D eigenvalue weighted by Crippen LogP contribution is -2.35. The molecule has 0 radical (unpaired) electrons. The molecular formula is C31H29Cl2N5O2. The Balaban J connectivity index is 1.27. The molecule has 0 aliphatic carbocycles. The molecule has 0 spiro atoms. The topological polar surface area (TPSA) is 88.2 Å². The Labute approximate surface area is 243 Å². The number of hydrogen-bond acceptors (Lipinski definition) is 6. The minimum atomic E-state index is 0.111. The zero-order chi connectivity index (χ0) is 27.6. The molecule has 1 fully saturated rings. The number of methoxy groups -OCH3 is 1. The molecule has 40 heavy (non-hydrogen) atoms. The zero-order valence-electron chi connectivity index (χ0n) is 22.1. The second-order valence-electron chi connectivity index (χ2n) is 10.1. The summed E-state index contributed by atoms with van der Waals surface area (Å²) in [5.74, 6) is 0.636. The maximum atomic E-state index is 11.4. The fraction of sp³-hybridized carbons (Fsp3) is 0.258. The number of benzene rings is 2. The van der Waals surface area contributed by atoms with Gasteiger partial charge in [0.15, 0.2) is 0 Å². The minimum Gasteiger partial charge on any atom is -0.481 e. The van der Waals surface area contributed by atoms with Gasteiger partial charge >= 0.3 is 0 Å². The van der Waals surface area contributed by atoms with Crippen LogP contribution < -0.4 is 20.7 Å². The van der Waals surface area contributed by atoms with Crippen LogP contribution in [0.3, 0.4) is 0 Å². The molecule has 2 aliphatic rings. The molecule has 1 atom stereocenters. The van der Waals surface area contributed by atoms with Gasteiger partial charge in [-0.25, -0.2) is 4.98 Å². The number of carbonyl (C=O) groups excluding carboxylic acids is 1. The van der Waals surface area contributed by atoms with E-state index in [0.29, 0.717) is 41.1 Å². The van der Waals surface area contributed by atoms with E-state index in [1.54, 1.807) is 13.3 Å². The molecule has 2 aliphatic heterocycles. The third-order valence-corrected chi connectivity index (χ3v) is 8.28. The molecule has 2 aromatic heterocycles. The van der Waals surface area contributed by atoms with Crippen molar-refractivity contribution < 1.29 is 9.53 Å². The molecule has 4 aromatic rings. The third kappa shape index (κ3) is 5.30. The van der Waals surface area contributed by atoms with Crippen LogP contribution in [0.1, 0.15) is 29.5 Å². The summed E-state index contributed by atoms with van der Waals surface area (Å²) in [5, 5.41) is 10.9. The molecule has 3 N–H and O–H groups in total. The summed E-state index contributed by atoms with van der Waals surface area (Å²) in [6.45, 7) is 3.00. The summed E-state index contributed by atoms with van der Waals surface area (Å²) in [6.07, 6.45) is 3.21. The molecule has 9 heteroatoms. The van der Waals surface area contributed by atoms with E-state index >= 15 is 0 Å². The molecule has 0 unspecified atom stereocenters. The summed E-state index contributed by atoms with van der Waals surface area (Å²) in [5.41, 5.74) is 8.30. The fourth-order valence-corrected chi connectivity index (χ4v) is 6.02. The van der Waals surface area contributed by atoms with Gasteiger partial charge in [0.25, 0.3) is 0 Å². The number of carbonyl (C=O) groups is 1. The molecule has 6 rings (SSSR count). The standard InChI is InChI=1S/C31H29Cl2N5O2/c1-40-31-20(15-35-17-22-8-10-27(39)37-22)7-9-26(38-31)25-4-2-3-23(28(25)32)24-11-12-36-30(29(24)33)18-5-6-19-14-34-16-21(19)13-18/h2-7,9,11-13,22,34-35H,8,10,14-17H2,1H3,(H,37,39)/t22-/m1/s1. The highest BCUT2D eigenvalue weighted by Gasteiger charge is 2.21. The number of halogens is 2. The average molecular weight is 575 g/mol. The summed E-state index contributed by atoms with van der Waals surface area (Å²) >= 11 is 14.0. The highest BCUT2D eigenvalue weighted by molar-refractivity contribution is 6.39. The van der Waals surface area contributed by atoms with E-state index < -0.39 is 0 Å². The number of aromatic nitrogens is 2. The van der Waals surface area contributed by atoms with Crippen molar-refractivity contribution in [1.29, 1.82) is 0 Å². The van der Waals surface area contributed by atoms with Crippen molar-refractivity contribution in [1.82, 2.24) is 25.9 Å². The van der Waals surface area contributed by atoms with Gasteiger partial charge in [0, 0.05) is 72.7 Å². The predicted octanol–water partition coefficient (Wildman–Crippen LogP) is 5.76. The first kappa shape index (κ1) is 26.7. The van der Waals surface area contributed by atoms with E-state index in [0.717, 1.165) is 53.0 Å². The molecule has 1 saturated heterocycles. The molecular weight excluding hydrogens is 545 g/mol. The van der Waals surface area contributed by atoms with Gasteiger partial charge in [0.05, 0.1) is 28.5 Å². The number of nitrogens with one attached hydrogen (secondary N) is 3.